The molecule has 0 rings (SSSR count). The average molecular weight is 861 g/mol. The number of unbranched alkanes of at least 4 members (excludes halogenated alkanes) is 22. The number of likely N-dealkylation sites (N-methyl/N-ethyl adjacent to an activating group) is 1. The Kier molecular flexibility index (Phi) is 41.9. The molecule has 0 bridgehead atoms. The van der Waals surface area contributed by atoms with Gasteiger partial charge in [-0.1, -0.05) is 191 Å². The zero-order valence-electron chi connectivity index (χ0n) is 40.1. The first kappa shape index (κ1) is 58.2. The lowest BCUT2D eigenvalue weighted by Crippen LogP contribution is -2.40. The van der Waals surface area contributed by atoms with Gasteiger partial charge in [-0.05, 0) is 51.4 Å². The van der Waals surface area contributed by atoms with E-state index in [0.29, 0.717) is 17.4 Å². The molecule has 0 radical (unpaired) electrons. The number of carbonyl (C=O) groups is 3. The Morgan fingerprint density at radius 3 is 1.39 bits per heavy atom. The van der Waals surface area contributed by atoms with E-state index in [2.05, 4.69) is 62.5 Å². The maximum atomic E-state index is 12.8. The third kappa shape index (κ3) is 45.1. The first-order chi connectivity index (χ1) is 29.6. The zero-order valence-corrected chi connectivity index (χ0v) is 40.1. The fourth-order valence-electron chi connectivity index (χ4n) is 6.77. The summed E-state index contributed by atoms with van der Waals surface area (Å²) in [5.74, 6) is -2.00. The first-order valence-corrected chi connectivity index (χ1v) is 24.8. The number of carboxylic acid groups (broad SMARTS) is 1. The molecule has 0 saturated carbocycles. The monoisotopic (exact) mass is 861 g/mol. The van der Waals surface area contributed by atoms with Crippen molar-refractivity contribution in [1.82, 2.24) is 0 Å². The van der Waals surface area contributed by atoms with Crippen LogP contribution < -0.4 is 0 Å². The van der Waals surface area contributed by atoms with E-state index in [9.17, 15) is 19.5 Å². The molecule has 0 aliphatic heterocycles. The molecule has 9 heteroatoms. The Balaban J connectivity index is 4.26. The summed E-state index contributed by atoms with van der Waals surface area (Å²) in [5, 5.41) is 9.65. The SMILES string of the molecule is CC/C=C\C/C=C\C/C=C\C/C=C\CCCCCCCCCCCCCCC(=O)OC(COC(=O)CCCCCCCCCCCCC)COC(OCC[N+](C)(C)C)C(=O)O. The highest BCUT2D eigenvalue weighted by Gasteiger charge is 2.25. The first-order valence-electron chi connectivity index (χ1n) is 24.8. The third-order valence-electron chi connectivity index (χ3n) is 10.6. The highest BCUT2D eigenvalue weighted by atomic mass is 16.7. The number of carbonyl (C=O) groups excluding carboxylic acids is 2. The van der Waals surface area contributed by atoms with Crippen LogP contribution >= 0.6 is 0 Å². The predicted molar refractivity (Wildman–Crippen MR) is 253 cm³/mol. The molecule has 0 aliphatic rings. The molecule has 0 aliphatic carbocycles. The Morgan fingerprint density at radius 1 is 0.508 bits per heavy atom. The molecule has 0 saturated heterocycles. The molecule has 0 aromatic rings. The zero-order chi connectivity index (χ0) is 44.9. The van der Waals surface area contributed by atoms with Gasteiger partial charge in [0, 0.05) is 12.8 Å². The molecular weight excluding hydrogens is 767 g/mol. The number of aliphatic carboxylic acids is 1. The predicted octanol–water partition coefficient (Wildman–Crippen LogP) is 13.6. The number of ether oxygens (including phenoxy) is 4. The molecule has 2 unspecified atom stereocenters. The summed E-state index contributed by atoms with van der Waals surface area (Å²) in [6, 6.07) is 0. The smallest absolute Gasteiger partial charge is 0.361 e. The summed E-state index contributed by atoms with van der Waals surface area (Å²) in [7, 11) is 5.96. The lowest BCUT2D eigenvalue weighted by Gasteiger charge is -2.25. The molecule has 0 aromatic carbocycles. The highest BCUT2D eigenvalue weighted by Crippen LogP contribution is 2.15. The summed E-state index contributed by atoms with van der Waals surface area (Å²) in [5.41, 5.74) is 0. The van der Waals surface area contributed by atoms with Gasteiger partial charge in [-0.2, -0.15) is 0 Å². The standard InChI is InChI=1S/C52H93NO8/c1-6-8-10-12-14-16-18-19-20-21-22-23-24-25-26-27-28-29-30-31-33-35-37-39-41-43-50(55)61-48(47-60-52(51(56)57)58-45-44-53(3,4)5)46-59-49(54)42-40-38-36-34-32-17-15-13-11-9-7-2/h8,10,14,16,19-20,22-23,48,52H,6-7,9,11-13,15,17-18,21,24-47H2,1-5H3/p+1/b10-8-,16-14-,20-19-,23-22-. The minimum Gasteiger partial charge on any atom is -0.477 e. The molecule has 0 aromatic heterocycles. The van der Waals surface area contributed by atoms with Gasteiger partial charge in [0.1, 0.15) is 13.2 Å². The Bertz CT molecular complexity index is 1140. The minimum absolute atomic E-state index is 0.181. The van der Waals surface area contributed by atoms with Gasteiger partial charge in [0.2, 0.25) is 0 Å². The second kappa shape index (κ2) is 43.9. The fourth-order valence-corrected chi connectivity index (χ4v) is 6.77. The van der Waals surface area contributed by atoms with Gasteiger partial charge in [0.15, 0.2) is 6.10 Å². The number of hydrogen-bond acceptors (Lipinski definition) is 7. The molecule has 0 amide bonds. The molecule has 9 nitrogen and oxygen atoms in total. The van der Waals surface area contributed by atoms with Crippen LogP contribution in [0, 0.1) is 0 Å². The van der Waals surface area contributed by atoms with Crippen molar-refractivity contribution in [2.45, 2.75) is 219 Å². The van der Waals surface area contributed by atoms with Gasteiger partial charge in [-0.25, -0.2) is 4.79 Å². The van der Waals surface area contributed by atoms with Gasteiger partial charge in [0.25, 0.3) is 6.29 Å². The van der Waals surface area contributed by atoms with Crippen LogP contribution in [-0.4, -0.2) is 87.4 Å². The lowest BCUT2D eigenvalue weighted by molar-refractivity contribution is -0.870. The van der Waals surface area contributed by atoms with Crippen molar-refractivity contribution in [1.29, 1.82) is 0 Å². The van der Waals surface area contributed by atoms with Crippen LogP contribution in [0.1, 0.15) is 206 Å². The van der Waals surface area contributed by atoms with Gasteiger partial charge in [-0.15, -0.1) is 0 Å². The van der Waals surface area contributed by atoms with E-state index in [1.807, 2.05) is 21.1 Å². The maximum Gasteiger partial charge on any atom is 0.361 e. The van der Waals surface area contributed by atoms with E-state index in [1.165, 1.54) is 116 Å². The lowest BCUT2D eigenvalue weighted by atomic mass is 10.0. The third-order valence-corrected chi connectivity index (χ3v) is 10.6. The topological polar surface area (TPSA) is 108 Å². The summed E-state index contributed by atoms with van der Waals surface area (Å²) < 4.78 is 22.8. The highest BCUT2D eigenvalue weighted by molar-refractivity contribution is 5.71. The number of esters is 2. The molecule has 354 valence electrons. The Hall–Kier alpha value is -2.75. The van der Waals surface area contributed by atoms with E-state index >= 15 is 0 Å². The molecule has 0 fully saturated rings. The van der Waals surface area contributed by atoms with E-state index in [0.717, 1.165) is 64.2 Å². The van der Waals surface area contributed by atoms with Crippen LogP contribution in [0.4, 0.5) is 0 Å². The van der Waals surface area contributed by atoms with Crippen molar-refractivity contribution < 1.29 is 42.9 Å². The van der Waals surface area contributed by atoms with Crippen molar-refractivity contribution in [2.75, 3.05) is 47.5 Å². The fraction of sp³-hybridized carbons (Fsp3) is 0.788. The van der Waals surface area contributed by atoms with E-state index in [4.69, 9.17) is 18.9 Å². The summed E-state index contributed by atoms with van der Waals surface area (Å²) >= 11 is 0. The summed E-state index contributed by atoms with van der Waals surface area (Å²) in [4.78, 5) is 37.2. The van der Waals surface area contributed by atoms with Crippen LogP contribution in [0.3, 0.4) is 0 Å². The molecule has 2 atom stereocenters. The van der Waals surface area contributed by atoms with Crippen molar-refractivity contribution in [2.24, 2.45) is 0 Å². The van der Waals surface area contributed by atoms with Gasteiger partial charge >= 0.3 is 17.9 Å². The number of quaternary nitrogens is 1. The van der Waals surface area contributed by atoms with Crippen molar-refractivity contribution >= 4 is 17.9 Å². The minimum atomic E-state index is -1.51. The molecule has 61 heavy (non-hydrogen) atoms. The van der Waals surface area contributed by atoms with Gasteiger partial charge in [-0.3, -0.25) is 9.59 Å². The molecule has 0 heterocycles. The maximum absolute atomic E-state index is 12.8. The van der Waals surface area contributed by atoms with Crippen molar-refractivity contribution in [3.63, 3.8) is 0 Å². The second-order valence-electron chi connectivity index (χ2n) is 17.8. The van der Waals surface area contributed by atoms with E-state index in [1.54, 1.807) is 0 Å². The van der Waals surface area contributed by atoms with Gasteiger partial charge in [0.05, 0.1) is 34.4 Å². The van der Waals surface area contributed by atoms with Crippen LogP contribution in [0.15, 0.2) is 48.6 Å². The van der Waals surface area contributed by atoms with Crippen molar-refractivity contribution in [3.05, 3.63) is 48.6 Å². The number of nitrogens with zero attached hydrogens (tertiary/aromatic N) is 1. The quantitative estimate of drug-likeness (QED) is 0.0212. The summed E-state index contributed by atoms with van der Waals surface area (Å²) in [6.07, 6.45) is 48.9. The number of rotatable bonds is 45. The molecule has 0 spiro atoms. The van der Waals surface area contributed by atoms with Crippen LogP contribution in [0.5, 0.6) is 0 Å². The number of carboxylic acids is 1. The van der Waals surface area contributed by atoms with Crippen molar-refractivity contribution in [3.8, 4) is 0 Å². The van der Waals surface area contributed by atoms with E-state index < -0.39 is 24.3 Å². The molecular formula is C52H94NO8+. The molecule has 1 N–H and O–H groups in total. The number of allylic oxidation sites excluding steroid dienone is 8. The van der Waals surface area contributed by atoms with E-state index in [-0.39, 0.29) is 32.2 Å². The van der Waals surface area contributed by atoms with Crippen LogP contribution in [0.2, 0.25) is 0 Å². The van der Waals surface area contributed by atoms with Gasteiger partial charge < -0.3 is 28.5 Å². The average Bonchev–Trinajstić information content (AvgIpc) is 3.22. The largest absolute Gasteiger partial charge is 0.477 e. The normalized spacial score (nSPS) is 13.3. The van der Waals surface area contributed by atoms with Crippen LogP contribution in [0.25, 0.3) is 0 Å². The van der Waals surface area contributed by atoms with Crippen LogP contribution in [-0.2, 0) is 33.3 Å². The summed E-state index contributed by atoms with van der Waals surface area (Å²) in [6.45, 7) is 4.76. The Morgan fingerprint density at radius 2 is 0.934 bits per heavy atom. The Labute approximate surface area is 374 Å². The second-order valence-corrected chi connectivity index (χ2v) is 17.8. The number of hydrogen-bond donors (Lipinski definition) is 1.